The van der Waals surface area contributed by atoms with E-state index in [0.717, 1.165) is 36.2 Å². The third-order valence-corrected chi connectivity index (χ3v) is 4.97. The fourth-order valence-corrected chi connectivity index (χ4v) is 3.69. The Balaban J connectivity index is 1.63. The summed E-state index contributed by atoms with van der Waals surface area (Å²) in [7, 11) is 0. The zero-order valence-corrected chi connectivity index (χ0v) is 14.6. The predicted octanol–water partition coefficient (Wildman–Crippen LogP) is 3.69. The molecule has 0 saturated carbocycles. The van der Waals surface area contributed by atoms with Crippen LogP contribution in [0.15, 0.2) is 48.8 Å². The molecule has 3 aromatic rings. The maximum absolute atomic E-state index is 13.2. The van der Waals surface area contributed by atoms with Crippen molar-refractivity contribution in [3.05, 3.63) is 65.9 Å². The summed E-state index contributed by atoms with van der Waals surface area (Å²) in [5.41, 5.74) is 3.04. The summed E-state index contributed by atoms with van der Waals surface area (Å²) >= 11 is 0. The highest BCUT2D eigenvalue weighted by Crippen LogP contribution is 2.34. The summed E-state index contributed by atoms with van der Waals surface area (Å²) in [6.45, 7) is 1.40. The highest BCUT2D eigenvalue weighted by atomic mass is 19.1. The lowest BCUT2D eigenvalue weighted by Gasteiger charge is -2.34. The fourth-order valence-electron chi connectivity index (χ4n) is 3.69. The van der Waals surface area contributed by atoms with E-state index in [1.807, 2.05) is 4.90 Å². The molecule has 2 aromatic heterocycles. The third kappa shape index (κ3) is 3.40. The molecule has 1 fully saturated rings. The predicted molar refractivity (Wildman–Crippen MR) is 99.4 cm³/mol. The second-order valence-corrected chi connectivity index (χ2v) is 6.67. The second-order valence-electron chi connectivity index (χ2n) is 6.67. The van der Waals surface area contributed by atoms with E-state index in [4.69, 9.17) is 0 Å². The number of piperidine rings is 1. The number of rotatable bonds is 4. The van der Waals surface area contributed by atoms with E-state index in [0.29, 0.717) is 12.4 Å². The smallest absolute Gasteiger partial charge is 0.339 e. The first kappa shape index (κ1) is 17.2. The van der Waals surface area contributed by atoms with E-state index in [-0.39, 0.29) is 17.3 Å². The molecule has 0 aliphatic carbocycles. The van der Waals surface area contributed by atoms with Gasteiger partial charge in [0.15, 0.2) is 0 Å². The second kappa shape index (κ2) is 7.19. The molecule has 4 rings (SSSR count). The highest BCUT2D eigenvalue weighted by Gasteiger charge is 2.28. The first-order valence-electron chi connectivity index (χ1n) is 8.86. The number of carbonyl (C=O) groups is 1. The van der Waals surface area contributed by atoms with E-state index < -0.39 is 5.97 Å². The van der Waals surface area contributed by atoms with Crippen molar-refractivity contribution in [2.24, 2.45) is 0 Å². The molecule has 1 aliphatic rings. The van der Waals surface area contributed by atoms with Crippen molar-refractivity contribution in [3.8, 4) is 11.1 Å². The molecule has 1 saturated heterocycles. The minimum absolute atomic E-state index is 0.157. The number of nitrogens with zero attached hydrogens (tertiary/aromatic N) is 3. The van der Waals surface area contributed by atoms with Crippen molar-refractivity contribution in [2.45, 2.75) is 18.8 Å². The molecule has 1 aromatic carbocycles. The van der Waals surface area contributed by atoms with Crippen molar-refractivity contribution >= 4 is 11.8 Å². The van der Waals surface area contributed by atoms with Crippen LogP contribution in [0.5, 0.6) is 0 Å². The number of anilines is 1. The summed E-state index contributed by atoms with van der Waals surface area (Å²) in [6.07, 6.45) is 5.25. The molecule has 0 radical (unpaired) electrons. The van der Waals surface area contributed by atoms with Crippen LogP contribution in [0.25, 0.3) is 11.1 Å². The number of aromatic nitrogens is 3. The minimum atomic E-state index is -0.978. The molecule has 6 nitrogen and oxygen atoms in total. The van der Waals surface area contributed by atoms with Gasteiger partial charge in [0.1, 0.15) is 17.2 Å². The largest absolute Gasteiger partial charge is 0.478 e. The van der Waals surface area contributed by atoms with Crippen LogP contribution in [0.2, 0.25) is 0 Å². The fraction of sp³-hybridized carbons (Fsp3) is 0.250. The van der Waals surface area contributed by atoms with Crippen molar-refractivity contribution in [1.29, 1.82) is 0 Å². The monoisotopic (exact) mass is 366 g/mol. The number of hydrogen-bond acceptors (Lipinski definition) is 4. The number of benzene rings is 1. The van der Waals surface area contributed by atoms with E-state index >= 15 is 0 Å². The van der Waals surface area contributed by atoms with Crippen molar-refractivity contribution in [1.82, 2.24) is 15.2 Å². The van der Waals surface area contributed by atoms with Crippen LogP contribution in [0, 0.1) is 5.82 Å². The van der Waals surface area contributed by atoms with Crippen LogP contribution >= 0.6 is 0 Å². The molecule has 0 spiro atoms. The Hall–Kier alpha value is -3.22. The number of H-pyrrole nitrogens is 1. The van der Waals surface area contributed by atoms with Gasteiger partial charge < -0.3 is 10.0 Å². The standard InChI is InChI=1S/C20H19FN4O2/c21-15-7-5-13(6-8-15)17-11-23-24-18(17)14-3-2-10-25(12-14)19-16(20(26)27)4-1-9-22-19/h1,4-9,11,14H,2-3,10,12H2,(H,23,24)(H,26,27)/t14-/m1/s1. The molecule has 0 amide bonds. The van der Waals surface area contributed by atoms with Gasteiger partial charge in [0, 0.05) is 36.5 Å². The number of carboxylic acid groups (broad SMARTS) is 1. The van der Waals surface area contributed by atoms with Gasteiger partial charge in [-0.25, -0.2) is 14.2 Å². The maximum Gasteiger partial charge on any atom is 0.339 e. The van der Waals surface area contributed by atoms with Crippen LogP contribution in [0.4, 0.5) is 10.2 Å². The molecule has 1 aliphatic heterocycles. The number of pyridine rings is 1. The Labute approximate surface area is 155 Å². The Morgan fingerprint density at radius 3 is 2.85 bits per heavy atom. The van der Waals surface area contributed by atoms with Crippen LogP contribution in [-0.4, -0.2) is 39.3 Å². The lowest BCUT2D eigenvalue weighted by atomic mass is 9.90. The maximum atomic E-state index is 13.2. The molecule has 2 N–H and O–H groups in total. The Kier molecular flexibility index (Phi) is 4.58. The van der Waals surface area contributed by atoms with E-state index in [1.54, 1.807) is 36.7 Å². The average Bonchev–Trinajstić information content (AvgIpc) is 3.18. The number of aromatic carboxylic acids is 1. The topological polar surface area (TPSA) is 82.1 Å². The first-order chi connectivity index (χ1) is 13.1. The Morgan fingerprint density at radius 1 is 1.26 bits per heavy atom. The van der Waals surface area contributed by atoms with Gasteiger partial charge in [-0.3, -0.25) is 5.10 Å². The molecular formula is C20H19FN4O2. The summed E-state index contributed by atoms with van der Waals surface area (Å²) in [5, 5.41) is 16.7. The highest BCUT2D eigenvalue weighted by molar-refractivity contribution is 5.93. The van der Waals surface area contributed by atoms with Crippen molar-refractivity contribution in [3.63, 3.8) is 0 Å². The lowest BCUT2D eigenvalue weighted by molar-refractivity contribution is 0.0697. The van der Waals surface area contributed by atoms with Crippen LogP contribution in [0.1, 0.15) is 34.8 Å². The molecule has 1 atom stereocenters. The molecule has 0 unspecified atom stereocenters. The minimum Gasteiger partial charge on any atom is -0.478 e. The lowest BCUT2D eigenvalue weighted by Crippen LogP contribution is -2.36. The van der Waals surface area contributed by atoms with E-state index in [9.17, 15) is 14.3 Å². The number of halogens is 1. The SMILES string of the molecule is O=C(O)c1cccnc1N1CCC[C@@H](c2[nH]ncc2-c2ccc(F)cc2)C1. The van der Waals surface area contributed by atoms with Gasteiger partial charge in [-0.05, 0) is 42.7 Å². The van der Waals surface area contributed by atoms with Crippen LogP contribution in [0.3, 0.4) is 0 Å². The number of carboxylic acids is 1. The molecule has 0 bridgehead atoms. The van der Waals surface area contributed by atoms with Crippen LogP contribution < -0.4 is 4.90 Å². The average molecular weight is 366 g/mol. The molecule has 27 heavy (non-hydrogen) atoms. The van der Waals surface area contributed by atoms with Gasteiger partial charge in [-0.15, -0.1) is 0 Å². The van der Waals surface area contributed by atoms with Crippen molar-refractivity contribution in [2.75, 3.05) is 18.0 Å². The van der Waals surface area contributed by atoms with Gasteiger partial charge >= 0.3 is 5.97 Å². The summed E-state index contributed by atoms with van der Waals surface area (Å²) in [4.78, 5) is 17.9. The van der Waals surface area contributed by atoms with Gasteiger partial charge in [0.05, 0.1) is 6.20 Å². The van der Waals surface area contributed by atoms with Gasteiger partial charge in [0.25, 0.3) is 0 Å². The normalized spacial score (nSPS) is 17.1. The quantitative estimate of drug-likeness (QED) is 0.736. The van der Waals surface area contributed by atoms with Crippen molar-refractivity contribution < 1.29 is 14.3 Å². The first-order valence-corrected chi connectivity index (χ1v) is 8.86. The molecule has 138 valence electrons. The zero-order chi connectivity index (χ0) is 18.8. The number of aromatic amines is 1. The zero-order valence-electron chi connectivity index (χ0n) is 14.6. The summed E-state index contributed by atoms with van der Waals surface area (Å²) < 4.78 is 13.2. The molecule has 7 heteroatoms. The van der Waals surface area contributed by atoms with E-state index in [2.05, 4.69) is 15.2 Å². The van der Waals surface area contributed by atoms with E-state index in [1.165, 1.54) is 12.1 Å². The summed E-state index contributed by atoms with van der Waals surface area (Å²) in [5.74, 6) is -0.597. The Bertz CT molecular complexity index is 955. The Morgan fingerprint density at radius 2 is 2.07 bits per heavy atom. The number of nitrogens with one attached hydrogen (secondary N) is 1. The molecular weight excluding hydrogens is 347 g/mol. The summed E-state index contributed by atoms with van der Waals surface area (Å²) in [6, 6.07) is 9.57. The third-order valence-electron chi connectivity index (χ3n) is 4.97. The number of hydrogen-bond donors (Lipinski definition) is 2. The van der Waals surface area contributed by atoms with Crippen LogP contribution in [-0.2, 0) is 0 Å². The van der Waals surface area contributed by atoms with Gasteiger partial charge in [0.2, 0.25) is 0 Å². The molecule has 3 heterocycles. The van der Waals surface area contributed by atoms with Gasteiger partial charge in [-0.2, -0.15) is 5.10 Å². The van der Waals surface area contributed by atoms with Gasteiger partial charge in [-0.1, -0.05) is 12.1 Å².